The van der Waals surface area contributed by atoms with Crippen LogP contribution in [0.15, 0.2) is 47.4 Å². The van der Waals surface area contributed by atoms with Crippen molar-refractivity contribution in [1.29, 1.82) is 0 Å². The van der Waals surface area contributed by atoms with Crippen molar-refractivity contribution in [2.45, 2.75) is 24.2 Å². The van der Waals surface area contributed by atoms with E-state index < -0.39 is 10.0 Å². The van der Waals surface area contributed by atoms with Crippen LogP contribution in [0.25, 0.3) is 0 Å². The number of ether oxygens (including phenoxy) is 1. The molecule has 5 rings (SSSR count). The maximum Gasteiger partial charge on any atom is 0.261 e. The standard InChI is InChI=1S/C23H25N3O5S/c27-22(16-5-6-16)26-10-9-17-15-18(7-8-21(17)26)32(29,30)24-20-4-2-1-3-19(20)23(28)25-11-13-31-14-12-25/h1-4,7-8,15-16,24H,5-6,9-14H2. The predicted octanol–water partition coefficient (Wildman–Crippen LogP) is 2.26. The summed E-state index contributed by atoms with van der Waals surface area (Å²) < 4.78 is 34.2. The van der Waals surface area contributed by atoms with E-state index in [-0.39, 0.29) is 28.3 Å². The van der Waals surface area contributed by atoms with E-state index in [2.05, 4.69) is 4.72 Å². The smallest absolute Gasteiger partial charge is 0.261 e. The fourth-order valence-corrected chi connectivity index (χ4v) is 5.35. The van der Waals surface area contributed by atoms with E-state index in [9.17, 15) is 18.0 Å². The minimum absolute atomic E-state index is 0.116. The summed E-state index contributed by atoms with van der Waals surface area (Å²) in [4.78, 5) is 29.0. The number of nitrogens with one attached hydrogen (secondary N) is 1. The van der Waals surface area contributed by atoms with E-state index in [4.69, 9.17) is 4.74 Å². The van der Waals surface area contributed by atoms with E-state index in [0.29, 0.717) is 44.8 Å². The molecule has 168 valence electrons. The highest BCUT2D eigenvalue weighted by atomic mass is 32.2. The van der Waals surface area contributed by atoms with Crippen LogP contribution in [0.2, 0.25) is 0 Å². The molecule has 2 aromatic rings. The van der Waals surface area contributed by atoms with Crippen LogP contribution >= 0.6 is 0 Å². The molecule has 2 heterocycles. The van der Waals surface area contributed by atoms with Crippen molar-refractivity contribution in [1.82, 2.24) is 4.90 Å². The third-order valence-corrected chi connectivity index (χ3v) is 7.51. The Bertz CT molecular complexity index is 1170. The molecule has 32 heavy (non-hydrogen) atoms. The van der Waals surface area contributed by atoms with Gasteiger partial charge in [0.2, 0.25) is 5.91 Å². The van der Waals surface area contributed by atoms with Crippen LogP contribution in [0.3, 0.4) is 0 Å². The van der Waals surface area contributed by atoms with E-state index in [0.717, 1.165) is 24.1 Å². The highest BCUT2D eigenvalue weighted by Crippen LogP contribution is 2.37. The second-order valence-electron chi connectivity index (χ2n) is 8.36. The Morgan fingerprint density at radius 1 is 1.00 bits per heavy atom. The summed E-state index contributed by atoms with van der Waals surface area (Å²) in [5.41, 5.74) is 2.19. The zero-order valence-electron chi connectivity index (χ0n) is 17.6. The lowest BCUT2D eigenvalue weighted by Crippen LogP contribution is -2.41. The molecule has 1 saturated heterocycles. The molecule has 2 aliphatic heterocycles. The quantitative estimate of drug-likeness (QED) is 0.746. The molecular weight excluding hydrogens is 430 g/mol. The van der Waals surface area contributed by atoms with Crippen molar-refractivity contribution in [3.63, 3.8) is 0 Å². The molecule has 2 fully saturated rings. The van der Waals surface area contributed by atoms with Gasteiger partial charge in [0.1, 0.15) is 0 Å². The molecule has 0 radical (unpaired) electrons. The number of carbonyl (C=O) groups is 2. The summed E-state index contributed by atoms with van der Waals surface area (Å²) in [5.74, 6) is 0.0225. The summed E-state index contributed by atoms with van der Waals surface area (Å²) in [5, 5.41) is 0. The Morgan fingerprint density at radius 2 is 1.75 bits per heavy atom. The second-order valence-corrected chi connectivity index (χ2v) is 10.0. The molecule has 0 atom stereocenters. The van der Waals surface area contributed by atoms with Gasteiger partial charge >= 0.3 is 0 Å². The summed E-state index contributed by atoms with van der Waals surface area (Å²) in [6.07, 6.45) is 2.50. The molecule has 1 aliphatic carbocycles. The Balaban J connectivity index is 1.38. The Morgan fingerprint density at radius 3 is 2.50 bits per heavy atom. The van der Waals surface area contributed by atoms with E-state index in [1.54, 1.807) is 46.2 Å². The van der Waals surface area contributed by atoms with Crippen molar-refractivity contribution in [3.8, 4) is 0 Å². The zero-order valence-corrected chi connectivity index (χ0v) is 18.4. The number of morpholine rings is 1. The third kappa shape index (κ3) is 3.98. The van der Waals surface area contributed by atoms with Gasteiger partial charge < -0.3 is 14.5 Å². The molecule has 0 unspecified atom stereocenters. The van der Waals surface area contributed by atoms with Crippen LogP contribution < -0.4 is 9.62 Å². The SMILES string of the molecule is O=C(c1ccccc1NS(=O)(=O)c1ccc2c(c1)CCN2C(=O)C1CC1)N1CCOCC1. The van der Waals surface area contributed by atoms with Crippen LogP contribution in [-0.4, -0.2) is 58.0 Å². The molecule has 1 saturated carbocycles. The van der Waals surface area contributed by atoms with Gasteiger partial charge in [0.25, 0.3) is 15.9 Å². The number of carbonyl (C=O) groups excluding carboxylic acids is 2. The Labute approximate surface area is 187 Å². The monoisotopic (exact) mass is 455 g/mol. The van der Waals surface area contributed by atoms with Crippen LogP contribution in [-0.2, 0) is 26.0 Å². The minimum atomic E-state index is -3.91. The number of anilines is 2. The normalized spacial score (nSPS) is 18.4. The van der Waals surface area contributed by atoms with Gasteiger partial charge in [-0.05, 0) is 55.2 Å². The van der Waals surface area contributed by atoms with E-state index in [1.165, 1.54) is 6.07 Å². The number of nitrogens with zero attached hydrogens (tertiary/aromatic N) is 2. The molecule has 0 bridgehead atoms. The molecule has 1 N–H and O–H groups in total. The second kappa shape index (κ2) is 8.22. The van der Waals surface area contributed by atoms with Crippen molar-refractivity contribution in [2.24, 2.45) is 5.92 Å². The van der Waals surface area contributed by atoms with Crippen molar-refractivity contribution in [3.05, 3.63) is 53.6 Å². The van der Waals surface area contributed by atoms with E-state index in [1.807, 2.05) is 0 Å². The minimum Gasteiger partial charge on any atom is -0.378 e. The first-order chi connectivity index (χ1) is 15.4. The van der Waals surface area contributed by atoms with Gasteiger partial charge in [0, 0.05) is 31.2 Å². The Hall–Kier alpha value is -2.91. The molecule has 2 amide bonds. The average molecular weight is 456 g/mol. The highest BCUT2D eigenvalue weighted by molar-refractivity contribution is 7.92. The molecule has 8 nitrogen and oxygen atoms in total. The lowest BCUT2D eigenvalue weighted by Gasteiger charge is -2.27. The van der Waals surface area contributed by atoms with E-state index >= 15 is 0 Å². The summed E-state index contributed by atoms with van der Waals surface area (Å²) in [6.45, 7) is 2.46. The number of hydrogen-bond donors (Lipinski definition) is 1. The number of rotatable bonds is 5. The highest BCUT2D eigenvalue weighted by Gasteiger charge is 2.36. The summed E-state index contributed by atoms with van der Waals surface area (Å²) >= 11 is 0. The van der Waals surface area contributed by atoms with Crippen molar-refractivity contribution < 1.29 is 22.7 Å². The number of fused-ring (bicyclic) bond motifs is 1. The first kappa shape index (κ1) is 21.0. The molecule has 0 aromatic heterocycles. The first-order valence-corrected chi connectivity index (χ1v) is 12.4. The number of hydrogen-bond acceptors (Lipinski definition) is 5. The fourth-order valence-electron chi connectivity index (χ4n) is 4.22. The largest absolute Gasteiger partial charge is 0.378 e. The van der Waals surface area contributed by atoms with Crippen LogP contribution in [0.5, 0.6) is 0 Å². The number of amides is 2. The van der Waals surface area contributed by atoms with Crippen molar-refractivity contribution in [2.75, 3.05) is 42.5 Å². The molecule has 9 heteroatoms. The maximum atomic E-state index is 13.1. The number of para-hydroxylation sites is 1. The molecular formula is C23H25N3O5S. The van der Waals surface area contributed by atoms with Crippen LogP contribution in [0.1, 0.15) is 28.8 Å². The zero-order chi connectivity index (χ0) is 22.3. The lowest BCUT2D eigenvalue weighted by molar-refractivity contribution is -0.119. The Kier molecular flexibility index (Phi) is 5.38. The molecule has 2 aromatic carbocycles. The van der Waals surface area contributed by atoms with Gasteiger partial charge in [0.05, 0.1) is 29.4 Å². The van der Waals surface area contributed by atoms with Gasteiger partial charge in [-0.3, -0.25) is 14.3 Å². The van der Waals surface area contributed by atoms with Crippen LogP contribution in [0, 0.1) is 5.92 Å². The predicted molar refractivity (Wildman–Crippen MR) is 119 cm³/mol. The summed E-state index contributed by atoms with van der Waals surface area (Å²) in [6, 6.07) is 11.5. The fraction of sp³-hybridized carbons (Fsp3) is 0.391. The van der Waals surface area contributed by atoms with Gasteiger partial charge in [-0.15, -0.1) is 0 Å². The van der Waals surface area contributed by atoms with Gasteiger partial charge in [-0.2, -0.15) is 0 Å². The molecule has 0 spiro atoms. The lowest BCUT2D eigenvalue weighted by atomic mass is 10.1. The third-order valence-electron chi connectivity index (χ3n) is 6.15. The topological polar surface area (TPSA) is 96.0 Å². The summed E-state index contributed by atoms with van der Waals surface area (Å²) in [7, 11) is -3.91. The first-order valence-electron chi connectivity index (χ1n) is 10.9. The number of benzene rings is 2. The van der Waals surface area contributed by atoms with Gasteiger partial charge in [0.15, 0.2) is 0 Å². The van der Waals surface area contributed by atoms with Crippen molar-refractivity contribution >= 4 is 33.2 Å². The van der Waals surface area contributed by atoms with Gasteiger partial charge in [-0.1, -0.05) is 12.1 Å². The van der Waals surface area contributed by atoms with Crippen LogP contribution in [0.4, 0.5) is 11.4 Å². The maximum absolute atomic E-state index is 13.1. The number of sulfonamides is 1. The average Bonchev–Trinajstić information content (AvgIpc) is 3.57. The van der Waals surface area contributed by atoms with Gasteiger partial charge in [-0.25, -0.2) is 8.42 Å². The molecule has 3 aliphatic rings.